The molecule has 0 unspecified atom stereocenters. The molecule has 370 valence electrons. The van der Waals surface area contributed by atoms with Crippen molar-refractivity contribution in [2.24, 2.45) is 0 Å². The highest BCUT2D eigenvalue weighted by Crippen LogP contribution is 2.39. The second-order valence-electron chi connectivity index (χ2n) is 15.8. The van der Waals surface area contributed by atoms with E-state index in [0.29, 0.717) is 0 Å². The zero-order chi connectivity index (χ0) is 49.4. The fourth-order valence-corrected chi connectivity index (χ4v) is 8.41. The molecule has 0 aliphatic carbocycles. The Morgan fingerprint density at radius 1 is 0.647 bits per heavy atom. The molecule has 3 aromatic carbocycles. The van der Waals surface area contributed by atoms with Gasteiger partial charge in [0.1, 0.15) is 48.8 Å². The molecule has 1 amide bonds. The van der Waals surface area contributed by atoms with Gasteiger partial charge in [0.25, 0.3) is 0 Å². The van der Waals surface area contributed by atoms with Gasteiger partial charge in [-0.05, 0) is 37.1 Å². The lowest BCUT2D eigenvalue weighted by atomic mass is 9.95. The van der Waals surface area contributed by atoms with E-state index in [1.54, 1.807) is 0 Å². The minimum Gasteiger partial charge on any atom is -0.463 e. The first-order valence-electron chi connectivity index (χ1n) is 21.5. The number of aryl methyl sites for hydroxylation is 1. The molecule has 2 aliphatic rings. The van der Waals surface area contributed by atoms with Gasteiger partial charge in [-0.1, -0.05) is 125 Å². The van der Waals surface area contributed by atoms with Gasteiger partial charge in [0.15, 0.2) is 24.6 Å². The molecular formula is C47H54Cl3NO16S. The van der Waals surface area contributed by atoms with Crippen LogP contribution in [0.5, 0.6) is 0 Å². The molecule has 2 aliphatic heterocycles. The maximum Gasteiger partial charge on any atom is 0.407 e. The van der Waals surface area contributed by atoms with Crippen LogP contribution in [0.1, 0.15) is 57.2 Å². The van der Waals surface area contributed by atoms with Gasteiger partial charge in [0.2, 0.25) is 3.79 Å². The maximum absolute atomic E-state index is 13.7. The molecule has 3 aromatic rings. The Hall–Kier alpha value is -4.50. The van der Waals surface area contributed by atoms with E-state index in [1.165, 1.54) is 18.7 Å². The molecule has 5 rings (SSSR count). The van der Waals surface area contributed by atoms with Crippen LogP contribution in [0, 0.1) is 6.92 Å². The Labute approximate surface area is 413 Å². The summed E-state index contributed by atoms with van der Waals surface area (Å²) in [6.45, 7) is 5.27. The van der Waals surface area contributed by atoms with Crippen LogP contribution in [-0.2, 0) is 84.6 Å². The lowest BCUT2D eigenvalue weighted by Gasteiger charge is -2.49. The molecule has 2 fully saturated rings. The van der Waals surface area contributed by atoms with Crippen LogP contribution in [0.15, 0.2) is 89.8 Å². The molecule has 0 bridgehead atoms. The highest BCUT2D eigenvalue weighted by molar-refractivity contribution is 7.99. The van der Waals surface area contributed by atoms with Crippen LogP contribution < -0.4 is 5.32 Å². The number of esters is 4. The summed E-state index contributed by atoms with van der Waals surface area (Å²) in [7, 11) is 0. The first-order valence-corrected chi connectivity index (χ1v) is 23.5. The van der Waals surface area contributed by atoms with Crippen molar-refractivity contribution in [1.29, 1.82) is 0 Å². The largest absolute Gasteiger partial charge is 0.463 e. The third-order valence-electron chi connectivity index (χ3n) is 10.1. The zero-order valence-corrected chi connectivity index (χ0v) is 41.0. The molecule has 10 atom stereocenters. The van der Waals surface area contributed by atoms with E-state index in [1.807, 2.05) is 91.9 Å². The van der Waals surface area contributed by atoms with Crippen LogP contribution in [0.2, 0.25) is 0 Å². The predicted octanol–water partition coefficient (Wildman–Crippen LogP) is 6.90. The van der Waals surface area contributed by atoms with Crippen molar-refractivity contribution in [2.45, 2.75) is 130 Å². The topological polar surface area (TPSA) is 207 Å². The van der Waals surface area contributed by atoms with E-state index in [-0.39, 0.29) is 32.0 Å². The van der Waals surface area contributed by atoms with Crippen LogP contribution in [0.3, 0.4) is 0 Å². The second kappa shape index (κ2) is 26.5. The van der Waals surface area contributed by atoms with Crippen molar-refractivity contribution in [2.75, 3.05) is 19.8 Å². The average molecular weight is 1030 g/mol. The number of carbonyl (C=O) groups excluding carboxylic acids is 6. The Bertz CT molecular complexity index is 2130. The lowest BCUT2D eigenvalue weighted by Crippen LogP contribution is -2.68. The fraction of sp³-hybridized carbons (Fsp3) is 0.489. The van der Waals surface area contributed by atoms with Gasteiger partial charge in [-0.25, -0.2) is 4.79 Å². The number of amides is 1. The number of halogens is 3. The van der Waals surface area contributed by atoms with Crippen molar-refractivity contribution in [1.82, 2.24) is 5.32 Å². The molecule has 0 saturated carbocycles. The monoisotopic (exact) mass is 1030 g/mol. The van der Waals surface area contributed by atoms with Crippen LogP contribution in [-0.4, -0.2) is 120 Å². The van der Waals surface area contributed by atoms with Crippen molar-refractivity contribution in [3.8, 4) is 0 Å². The number of nitrogens with one attached hydrogen (secondary N) is 1. The van der Waals surface area contributed by atoms with E-state index >= 15 is 0 Å². The molecule has 0 radical (unpaired) electrons. The third-order valence-corrected chi connectivity index (χ3v) is 11.6. The number of Topliss-reactive ketones (excluding diaryl/α,β-unsaturated/α-hetero) is 1. The van der Waals surface area contributed by atoms with Gasteiger partial charge in [-0.2, -0.15) is 0 Å². The number of alkyl halides is 3. The number of hydrogen-bond donors (Lipinski definition) is 1. The molecule has 2 heterocycles. The fourth-order valence-electron chi connectivity index (χ4n) is 7.11. The Balaban J connectivity index is 1.66. The molecule has 1 N–H and O–H groups in total. The van der Waals surface area contributed by atoms with Crippen molar-refractivity contribution < 1.29 is 76.1 Å². The summed E-state index contributed by atoms with van der Waals surface area (Å²) in [6.07, 6.45) is -13.4. The van der Waals surface area contributed by atoms with Gasteiger partial charge >= 0.3 is 30.0 Å². The van der Waals surface area contributed by atoms with Crippen LogP contribution in [0.4, 0.5) is 4.79 Å². The van der Waals surface area contributed by atoms with E-state index in [9.17, 15) is 28.8 Å². The Morgan fingerprint density at radius 2 is 1.25 bits per heavy atom. The molecular weight excluding hydrogens is 973 g/mol. The number of ketones is 1. The summed E-state index contributed by atoms with van der Waals surface area (Å²) in [5.74, 6) is -3.69. The zero-order valence-electron chi connectivity index (χ0n) is 37.9. The molecule has 2 saturated heterocycles. The normalized spacial score (nSPS) is 24.8. The minimum atomic E-state index is -1.97. The number of ether oxygens (including phenoxy) is 10. The van der Waals surface area contributed by atoms with Gasteiger partial charge < -0.3 is 57.5 Å². The summed E-state index contributed by atoms with van der Waals surface area (Å²) in [5.41, 5.74) is 1.58. The van der Waals surface area contributed by atoms with E-state index < -0.39 is 114 Å². The number of hydrogen-bond acceptors (Lipinski definition) is 17. The summed E-state index contributed by atoms with van der Waals surface area (Å²) in [5, 5.41) is 2.83. The smallest absolute Gasteiger partial charge is 0.407 e. The standard InChI is InChI=1S/C47H54Cl3NO16S/c1-27-16-19-34(20-17-27)68-45-38(51-46(57)61-26-47(48,49)50)41(60-23-33-14-10-7-11-15-33)39(35(65-45)24-58-22-32-12-8-6-9-13-32)67-44-43(66-37(56)21-18-28(2)52)42(63-31(5)55)40(62-30(4)54)36(64-44)25-59-29(3)53/h6-17,19-20,35-36,38-45H,18,21-26H2,1-5H3,(H,51,57)/t35-,36-,38-,39-,40+,41-,42+,43-,44+,45+/m1/s1. The Morgan fingerprint density at radius 3 is 1.84 bits per heavy atom. The summed E-state index contributed by atoms with van der Waals surface area (Å²) in [4.78, 5) is 77.6. The van der Waals surface area contributed by atoms with Crippen molar-refractivity contribution in [3.05, 3.63) is 102 Å². The number of alkyl carbamates (subject to hydrolysis) is 1. The summed E-state index contributed by atoms with van der Waals surface area (Å²) in [6, 6.07) is 24.8. The van der Waals surface area contributed by atoms with Gasteiger partial charge in [0.05, 0.1) is 32.3 Å². The van der Waals surface area contributed by atoms with Crippen LogP contribution >= 0.6 is 46.6 Å². The van der Waals surface area contributed by atoms with Gasteiger partial charge in [-0.15, -0.1) is 0 Å². The van der Waals surface area contributed by atoms with Gasteiger partial charge in [0, 0.05) is 32.1 Å². The number of carbonyl (C=O) groups is 6. The number of rotatable bonds is 21. The van der Waals surface area contributed by atoms with Gasteiger partial charge in [-0.3, -0.25) is 19.2 Å². The Kier molecular flexibility index (Phi) is 21.2. The van der Waals surface area contributed by atoms with E-state index in [4.69, 9.17) is 82.2 Å². The van der Waals surface area contributed by atoms with E-state index in [0.717, 1.165) is 42.4 Å². The first-order chi connectivity index (χ1) is 32.3. The lowest BCUT2D eigenvalue weighted by molar-refractivity contribution is -0.339. The number of thioether (sulfide) groups is 1. The molecule has 68 heavy (non-hydrogen) atoms. The van der Waals surface area contributed by atoms with Crippen molar-refractivity contribution >= 4 is 82.3 Å². The molecule has 0 spiro atoms. The third kappa shape index (κ3) is 17.8. The molecule has 17 nitrogen and oxygen atoms in total. The molecule has 21 heteroatoms. The van der Waals surface area contributed by atoms with Crippen molar-refractivity contribution in [3.63, 3.8) is 0 Å². The predicted molar refractivity (Wildman–Crippen MR) is 246 cm³/mol. The SMILES string of the molecule is CC(=O)CCC(=O)O[C@H]1[C@H](O[C@H]2[C@H](OCc3ccccc3)[C@@H](NC(=O)OCC(Cl)(Cl)Cl)[C@H](Sc3ccc(C)cc3)O[C@@H]2COCc2ccccc2)O[C@H](COC(C)=O)[C@H](OC(C)=O)[C@@H]1OC(C)=O. The second-order valence-corrected chi connectivity index (χ2v) is 19.5. The highest BCUT2D eigenvalue weighted by Gasteiger charge is 2.56. The summed E-state index contributed by atoms with van der Waals surface area (Å²) < 4.78 is 59.3. The van der Waals surface area contributed by atoms with E-state index in [2.05, 4.69) is 5.32 Å². The number of benzene rings is 3. The average Bonchev–Trinajstić information content (AvgIpc) is 3.28. The highest BCUT2D eigenvalue weighted by atomic mass is 35.6. The molecule has 0 aromatic heterocycles. The summed E-state index contributed by atoms with van der Waals surface area (Å²) >= 11 is 19.1. The first kappa shape index (κ1) is 54.4. The minimum absolute atomic E-state index is 0.0546. The maximum atomic E-state index is 13.7. The van der Waals surface area contributed by atoms with Crippen LogP contribution in [0.25, 0.3) is 0 Å². The quantitative estimate of drug-likeness (QED) is 0.0654.